The highest BCUT2D eigenvalue weighted by atomic mass is 79.9. The molecule has 1 aliphatic heterocycles. The minimum atomic E-state index is 0.288. The Balaban J connectivity index is 1.48. The number of rotatable bonds is 2. The maximum atomic E-state index is 4.47. The van der Waals surface area contributed by atoms with Gasteiger partial charge in [-0.2, -0.15) is 0 Å². The molecule has 1 fully saturated rings. The second kappa shape index (κ2) is 5.59. The molecule has 114 valence electrons. The Kier molecular flexibility index (Phi) is 3.71. The van der Waals surface area contributed by atoms with Gasteiger partial charge in [0.1, 0.15) is 0 Å². The van der Waals surface area contributed by atoms with Crippen LogP contribution in [0.5, 0.6) is 0 Å². The molecule has 0 atom stereocenters. The lowest BCUT2D eigenvalue weighted by Crippen LogP contribution is -2.40. The van der Waals surface area contributed by atoms with Crippen molar-refractivity contribution >= 4 is 33.3 Å². The first kappa shape index (κ1) is 14.6. The van der Waals surface area contributed by atoms with E-state index in [1.807, 2.05) is 0 Å². The Morgan fingerprint density at radius 1 is 1.27 bits per heavy atom. The number of hydrogen-bond donors (Lipinski definition) is 0. The fourth-order valence-electron chi connectivity index (χ4n) is 3.72. The van der Waals surface area contributed by atoms with E-state index < -0.39 is 0 Å². The standard InChI is InChI=1S/C18H19BrN2S/c1-13-16(22-17(19)20-13)12-21-10-8-18(9-11-21)7-6-14-4-2-3-5-15(14)18/h2-7H,8-12H2,1H3. The molecule has 4 heteroatoms. The van der Waals surface area contributed by atoms with E-state index in [2.05, 4.69) is 69.2 Å². The van der Waals surface area contributed by atoms with E-state index in [0.29, 0.717) is 0 Å². The first-order valence-electron chi connectivity index (χ1n) is 7.79. The number of aromatic nitrogens is 1. The van der Waals surface area contributed by atoms with Crippen molar-refractivity contribution in [3.8, 4) is 0 Å². The van der Waals surface area contributed by atoms with Crippen LogP contribution in [0, 0.1) is 6.92 Å². The van der Waals surface area contributed by atoms with Crippen LogP contribution in [0.15, 0.2) is 34.3 Å². The number of nitrogens with zero attached hydrogens (tertiary/aromatic N) is 2. The van der Waals surface area contributed by atoms with Gasteiger partial charge in [-0.3, -0.25) is 4.90 Å². The quantitative estimate of drug-likeness (QED) is 0.751. The van der Waals surface area contributed by atoms with E-state index >= 15 is 0 Å². The zero-order chi connectivity index (χ0) is 15.2. The number of thiazole rings is 1. The lowest BCUT2D eigenvalue weighted by Gasteiger charge is -2.39. The van der Waals surface area contributed by atoms with Gasteiger partial charge in [-0.25, -0.2) is 4.98 Å². The van der Waals surface area contributed by atoms with Crippen LogP contribution in [-0.2, 0) is 12.0 Å². The number of aryl methyl sites for hydroxylation is 1. The van der Waals surface area contributed by atoms with Crippen molar-refractivity contribution in [1.82, 2.24) is 9.88 Å². The Morgan fingerprint density at radius 2 is 2.05 bits per heavy atom. The third-order valence-electron chi connectivity index (χ3n) is 5.06. The van der Waals surface area contributed by atoms with Crippen LogP contribution < -0.4 is 0 Å². The number of hydrogen-bond acceptors (Lipinski definition) is 3. The first-order valence-corrected chi connectivity index (χ1v) is 9.40. The van der Waals surface area contributed by atoms with Gasteiger partial charge in [0.2, 0.25) is 0 Å². The molecule has 2 aromatic rings. The van der Waals surface area contributed by atoms with Gasteiger partial charge in [-0.1, -0.05) is 36.4 Å². The minimum absolute atomic E-state index is 0.288. The summed E-state index contributed by atoms with van der Waals surface area (Å²) in [4.78, 5) is 8.44. The van der Waals surface area contributed by atoms with Gasteiger partial charge in [0, 0.05) is 16.8 Å². The number of piperidine rings is 1. The zero-order valence-electron chi connectivity index (χ0n) is 12.7. The lowest BCUT2D eigenvalue weighted by atomic mass is 9.74. The van der Waals surface area contributed by atoms with E-state index in [4.69, 9.17) is 0 Å². The molecule has 2 heterocycles. The fraction of sp³-hybridized carbons (Fsp3) is 0.389. The highest BCUT2D eigenvalue weighted by Gasteiger charge is 2.37. The van der Waals surface area contributed by atoms with Crippen molar-refractivity contribution in [3.63, 3.8) is 0 Å². The van der Waals surface area contributed by atoms with E-state index in [1.165, 1.54) is 34.5 Å². The maximum absolute atomic E-state index is 4.47. The molecule has 2 aliphatic rings. The van der Waals surface area contributed by atoms with Crippen molar-refractivity contribution in [2.45, 2.75) is 31.7 Å². The molecule has 22 heavy (non-hydrogen) atoms. The average Bonchev–Trinajstić information content (AvgIpc) is 3.03. The summed E-state index contributed by atoms with van der Waals surface area (Å²) in [7, 11) is 0. The lowest BCUT2D eigenvalue weighted by molar-refractivity contribution is 0.178. The molecular weight excluding hydrogens is 356 g/mol. The van der Waals surface area contributed by atoms with Crippen molar-refractivity contribution in [1.29, 1.82) is 0 Å². The number of likely N-dealkylation sites (tertiary alicyclic amines) is 1. The SMILES string of the molecule is Cc1nc(Br)sc1CN1CCC2(C=Cc3ccccc32)CC1. The molecular formula is C18H19BrN2S. The topological polar surface area (TPSA) is 16.1 Å². The van der Waals surface area contributed by atoms with Crippen molar-refractivity contribution in [3.05, 3.63) is 56.0 Å². The van der Waals surface area contributed by atoms with Crippen LogP contribution in [-0.4, -0.2) is 23.0 Å². The van der Waals surface area contributed by atoms with Crippen molar-refractivity contribution in [2.75, 3.05) is 13.1 Å². The molecule has 0 bridgehead atoms. The summed E-state index contributed by atoms with van der Waals surface area (Å²) in [6, 6.07) is 8.88. The highest BCUT2D eigenvalue weighted by molar-refractivity contribution is 9.11. The molecule has 2 nitrogen and oxygen atoms in total. The van der Waals surface area contributed by atoms with Gasteiger partial charge >= 0.3 is 0 Å². The number of benzene rings is 1. The van der Waals surface area contributed by atoms with Crippen molar-refractivity contribution < 1.29 is 0 Å². The molecule has 1 saturated heterocycles. The van der Waals surface area contributed by atoms with Gasteiger partial charge in [-0.05, 0) is 59.9 Å². The molecule has 0 radical (unpaired) electrons. The van der Waals surface area contributed by atoms with Crippen LogP contribution >= 0.6 is 27.3 Å². The summed E-state index contributed by atoms with van der Waals surface area (Å²) in [5, 5.41) is 0. The average molecular weight is 375 g/mol. The predicted molar refractivity (Wildman–Crippen MR) is 96.2 cm³/mol. The zero-order valence-corrected chi connectivity index (χ0v) is 15.1. The molecule has 1 aromatic carbocycles. The molecule has 1 aromatic heterocycles. The van der Waals surface area contributed by atoms with Gasteiger partial charge in [-0.15, -0.1) is 11.3 Å². The van der Waals surface area contributed by atoms with Crippen LogP contribution in [0.25, 0.3) is 6.08 Å². The molecule has 4 rings (SSSR count). The molecule has 1 aliphatic carbocycles. The van der Waals surface area contributed by atoms with E-state index in [0.717, 1.165) is 23.6 Å². The molecule has 0 N–H and O–H groups in total. The molecule has 0 saturated carbocycles. The smallest absolute Gasteiger partial charge is 0.159 e. The van der Waals surface area contributed by atoms with E-state index in [1.54, 1.807) is 11.3 Å². The van der Waals surface area contributed by atoms with Gasteiger partial charge < -0.3 is 0 Å². The first-order chi connectivity index (χ1) is 10.7. The predicted octanol–water partition coefficient (Wildman–Crippen LogP) is 4.77. The van der Waals surface area contributed by atoms with Crippen LogP contribution in [0.2, 0.25) is 0 Å². The number of halogens is 1. The summed E-state index contributed by atoms with van der Waals surface area (Å²) in [6.07, 6.45) is 7.21. The summed E-state index contributed by atoms with van der Waals surface area (Å²) >= 11 is 5.26. The van der Waals surface area contributed by atoms with Crippen LogP contribution in [0.3, 0.4) is 0 Å². The maximum Gasteiger partial charge on any atom is 0.159 e. The Labute approximate surface area is 144 Å². The molecule has 0 amide bonds. The van der Waals surface area contributed by atoms with Crippen LogP contribution in [0.4, 0.5) is 0 Å². The Morgan fingerprint density at radius 3 is 2.77 bits per heavy atom. The summed E-state index contributed by atoms with van der Waals surface area (Å²) in [6.45, 7) is 5.47. The largest absolute Gasteiger partial charge is 0.298 e. The number of fused-ring (bicyclic) bond motifs is 2. The Hall–Kier alpha value is -0.970. The van der Waals surface area contributed by atoms with E-state index in [9.17, 15) is 0 Å². The van der Waals surface area contributed by atoms with E-state index in [-0.39, 0.29) is 5.41 Å². The minimum Gasteiger partial charge on any atom is -0.298 e. The van der Waals surface area contributed by atoms with Gasteiger partial charge in [0.05, 0.1) is 5.69 Å². The number of allylic oxidation sites excluding steroid dienone is 1. The van der Waals surface area contributed by atoms with Crippen LogP contribution in [0.1, 0.15) is 34.5 Å². The second-order valence-corrected chi connectivity index (χ2v) is 8.69. The molecule has 1 spiro atoms. The third-order valence-corrected chi connectivity index (χ3v) is 6.65. The Bertz CT molecular complexity index is 726. The monoisotopic (exact) mass is 374 g/mol. The van der Waals surface area contributed by atoms with Crippen molar-refractivity contribution in [2.24, 2.45) is 0 Å². The normalized spacial score (nSPS) is 19.7. The summed E-state index contributed by atoms with van der Waals surface area (Å²) in [5.74, 6) is 0. The second-order valence-electron chi connectivity index (χ2n) is 6.33. The highest BCUT2D eigenvalue weighted by Crippen LogP contribution is 2.43. The summed E-state index contributed by atoms with van der Waals surface area (Å²) in [5.41, 5.74) is 4.41. The van der Waals surface area contributed by atoms with Gasteiger partial charge in [0.15, 0.2) is 3.92 Å². The third kappa shape index (κ3) is 2.47. The fourth-order valence-corrected chi connectivity index (χ4v) is 5.40. The summed E-state index contributed by atoms with van der Waals surface area (Å²) < 4.78 is 1.00. The van der Waals surface area contributed by atoms with Gasteiger partial charge in [0.25, 0.3) is 0 Å². The molecule has 0 unspecified atom stereocenters.